The molecule has 6 rings (SSSR count). The minimum atomic E-state index is -0.337. The van der Waals surface area contributed by atoms with E-state index in [2.05, 4.69) is 69.5 Å². The Morgan fingerprint density at radius 2 is 1.60 bits per heavy atom. The number of ketones is 1. The summed E-state index contributed by atoms with van der Waals surface area (Å²) in [6.07, 6.45) is 8.51. The van der Waals surface area contributed by atoms with Crippen LogP contribution in [0.2, 0.25) is 0 Å². The van der Waals surface area contributed by atoms with Crippen LogP contribution in [-0.2, 0) is 30.3 Å². The van der Waals surface area contributed by atoms with Crippen LogP contribution in [0.5, 0.6) is 0 Å². The van der Waals surface area contributed by atoms with Gasteiger partial charge in [-0.3, -0.25) is 9.78 Å². The molecule has 0 fully saturated rings. The number of aryl methyl sites for hydroxylation is 1. The summed E-state index contributed by atoms with van der Waals surface area (Å²) in [5.74, 6) is 0.286. The van der Waals surface area contributed by atoms with Crippen LogP contribution in [0.1, 0.15) is 99.1 Å². The van der Waals surface area contributed by atoms with Crippen molar-refractivity contribution in [1.29, 1.82) is 0 Å². The van der Waals surface area contributed by atoms with E-state index in [0.717, 1.165) is 48.1 Å². The van der Waals surface area contributed by atoms with Crippen molar-refractivity contribution in [1.82, 2.24) is 4.98 Å². The van der Waals surface area contributed by atoms with Crippen molar-refractivity contribution in [3.63, 3.8) is 0 Å². The van der Waals surface area contributed by atoms with E-state index in [0.29, 0.717) is 0 Å². The molecule has 0 aliphatic rings. The Balaban J connectivity index is 0.000000251. The van der Waals surface area contributed by atoms with Gasteiger partial charge in [-0.25, -0.2) is 0 Å². The van der Waals surface area contributed by atoms with Crippen LogP contribution >= 0.6 is 22.7 Å². The largest absolute Gasteiger partial charge is 0.512 e. The second kappa shape index (κ2) is 14.6. The van der Waals surface area contributed by atoms with Gasteiger partial charge in [0.1, 0.15) is 11.3 Å². The van der Waals surface area contributed by atoms with E-state index in [-0.39, 0.29) is 47.9 Å². The summed E-state index contributed by atoms with van der Waals surface area (Å²) >= 11 is 3.59. The van der Waals surface area contributed by atoms with Gasteiger partial charge in [-0.15, -0.1) is 34.9 Å². The monoisotopic (exact) mass is 859 g/mol. The fourth-order valence-corrected chi connectivity index (χ4v) is 8.14. The summed E-state index contributed by atoms with van der Waals surface area (Å²) in [4.78, 5) is 17.0. The third-order valence-electron chi connectivity index (χ3n) is 10.4. The Labute approximate surface area is 307 Å². The van der Waals surface area contributed by atoms with E-state index in [1.54, 1.807) is 22.7 Å². The Morgan fingerprint density at radius 1 is 0.938 bits per heavy atom. The van der Waals surface area contributed by atoms with Gasteiger partial charge in [-0.1, -0.05) is 73.4 Å². The number of rotatable bonds is 8. The van der Waals surface area contributed by atoms with Gasteiger partial charge in [0.2, 0.25) is 0 Å². The van der Waals surface area contributed by atoms with Gasteiger partial charge >= 0.3 is 0 Å². The summed E-state index contributed by atoms with van der Waals surface area (Å²) in [5, 5.41) is 17.1. The van der Waals surface area contributed by atoms with Gasteiger partial charge in [0.15, 0.2) is 5.78 Å². The minimum absolute atomic E-state index is 0. The molecule has 6 aromatic rings. The van der Waals surface area contributed by atoms with Crippen molar-refractivity contribution >= 4 is 69.7 Å². The van der Waals surface area contributed by atoms with Crippen LogP contribution in [0.25, 0.3) is 52.5 Å². The number of hydrogen-bond donors (Lipinski definition) is 1. The molecule has 7 heteroatoms. The number of pyridine rings is 1. The van der Waals surface area contributed by atoms with Crippen molar-refractivity contribution in [3.8, 4) is 11.3 Å². The summed E-state index contributed by atoms with van der Waals surface area (Å²) in [6.45, 7) is 21.0. The average Bonchev–Trinajstić information content (AvgIpc) is 3.78. The number of benzene rings is 2. The number of aromatic nitrogens is 1. The summed E-state index contributed by atoms with van der Waals surface area (Å²) in [6, 6.07) is 14.7. The maximum absolute atomic E-state index is 12.2. The third kappa shape index (κ3) is 7.07. The fourth-order valence-electron chi connectivity index (χ4n) is 5.95. The number of nitrogens with zero attached hydrogens (tertiary/aromatic N) is 1. The maximum atomic E-state index is 12.2. The van der Waals surface area contributed by atoms with Crippen molar-refractivity contribution in [2.75, 3.05) is 0 Å². The smallest absolute Gasteiger partial charge is 0.164 e. The van der Waals surface area contributed by atoms with Crippen LogP contribution in [0, 0.1) is 23.8 Å². The van der Waals surface area contributed by atoms with Gasteiger partial charge in [0.25, 0.3) is 0 Å². The molecule has 1 radical (unpaired) electrons. The predicted octanol–water partition coefficient (Wildman–Crippen LogP) is 13.1. The van der Waals surface area contributed by atoms with E-state index in [1.165, 1.54) is 47.3 Å². The van der Waals surface area contributed by atoms with Gasteiger partial charge in [0.05, 0.1) is 6.26 Å². The SMILES string of the molecule is CCC(C)(CC)C(=O)/C=C(\O)C(C)(CC)CC.Cc1coc2cc3sc4ccnc(-c5[c-]c6ccsc6c(C(C)(C)C)c5)c4c3cc12.[Ir]. The molecule has 0 atom stereocenters. The van der Waals surface area contributed by atoms with Crippen LogP contribution in [0.15, 0.2) is 64.4 Å². The van der Waals surface area contributed by atoms with Crippen LogP contribution < -0.4 is 0 Å². The number of aliphatic hydroxyl groups is 1. The normalized spacial score (nSPS) is 12.8. The molecule has 2 aromatic carbocycles. The van der Waals surface area contributed by atoms with E-state index in [4.69, 9.17) is 9.40 Å². The first-order valence-corrected chi connectivity index (χ1v) is 18.5. The molecular weight excluding hydrogens is 811 g/mol. The third-order valence-corrected chi connectivity index (χ3v) is 12.5. The first-order chi connectivity index (χ1) is 22.2. The number of fused-ring (bicyclic) bond motifs is 5. The van der Waals surface area contributed by atoms with Gasteiger partial charge in [-0.2, -0.15) is 11.3 Å². The second-order valence-electron chi connectivity index (χ2n) is 14.3. The molecule has 0 spiro atoms. The molecule has 0 unspecified atom stereocenters. The number of carbonyl (C=O) groups excluding carboxylic acids is 1. The van der Waals surface area contributed by atoms with Crippen molar-refractivity contribution in [3.05, 3.63) is 77.2 Å². The molecule has 0 aliphatic carbocycles. The molecule has 4 heterocycles. The number of thiophene rings is 2. The molecular formula is C41H48IrNO3S2-. The number of carbonyl (C=O) groups is 1. The number of allylic oxidation sites excluding steroid dienone is 2. The second-order valence-corrected chi connectivity index (χ2v) is 16.3. The predicted molar refractivity (Wildman–Crippen MR) is 203 cm³/mol. The van der Waals surface area contributed by atoms with E-state index < -0.39 is 0 Å². The zero-order valence-corrected chi connectivity index (χ0v) is 33.9. The maximum Gasteiger partial charge on any atom is 0.164 e. The molecule has 257 valence electrons. The molecule has 1 N–H and O–H groups in total. The number of furan rings is 1. The molecule has 0 amide bonds. The molecule has 0 bridgehead atoms. The van der Waals surface area contributed by atoms with Crippen LogP contribution in [0.3, 0.4) is 0 Å². The molecule has 0 saturated heterocycles. The fraction of sp³-hybridized carbons (Fsp3) is 0.415. The Hall–Kier alpha value is -2.83. The van der Waals surface area contributed by atoms with Crippen LogP contribution in [-0.4, -0.2) is 15.9 Å². The Bertz CT molecular complexity index is 2100. The van der Waals surface area contributed by atoms with Crippen molar-refractivity contribution in [2.45, 2.75) is 100 Å². The molecule has 0 saturated carbocycles. The summed E-state index contributed by atoms with van der Waals surface area (Å²) < 4.78 is 9.55. The van der Waals surface area contributed by atoms with E-state index >= 15 is 0 Å². The Morgan fingerprint density at radius 3 is 2.23 bits per heavy atom. The quantitative estimate of drug-likeness (QED) is 0.0941. The van der Waals surface area contributed by atoms with Crippen LogP contribution in [0.4, 0.5) is 0 Å². The molecule has 0 aliphatic heterocycles. The van der Waals surface area contributed by atoms with Gasteiger partial charge in [-0.05, 0) is 82.6 Å². The standard InChI is InChI=1S/C26H20NOS2.C15H28O2.Ir/c1-14-13-28-20-12-22-18(11-17(14)20)23-21(30-22)5-7-27-24(23)16-9-15-6-8-29-25(15)19(10-16)26(2,3)4;1-7-14(5,8-2)12(16)11-13(17)15(6,9-3)10-4;/h5-8,10-13H,1-4H3;11,16H,7-10H2,1-6H3;/q-1;;/b;12-11-;. The van der Waals surface area contributed by atoms with Gasteiger partial charge in [0, 0.05) is 63.7 Å². The van der Waals surface area contributed by atoms with E-state index in [9.17, 15) is 9.90 Å². The first-order valence-electron chi connectivity index (χ1n) is 16.8. The molecule has 4 nitrogen and oxygen atoms in total. The summed E-state index contributed by atoms with van der Waals surface area (Å²) in [5.41, 5.74) is 5.00. The topological polar surface area (TPSA) is 63.3 Å². The van der Waals surface area contributed by atoms with Crippen molar-refractivity contribution in [2.24, 2.45) is 10.8 Å². The zero-order chi connectivity index (χ0) is 34.3. The zero-order valence-electron chi connectivity index (χ0n) is 29.9. The number of hydrogen-bond acceptors (Lipinski definition) is 6. The molecule has 4 aromatic heterocycles. The van der Waals surface area contributed by atoms with Gasteiger partial charge < -0.3 is 9.52 Å². The van der Waals surface area contributed by atoms with Crippen molar-refractivity contribution < 1.29 is 34.4 Å². The average molecular weight is 859 g/mol. The number of aliphatic hydroxyl groups excluding tert-OH is 1. The molecule has 48 heavy (non-hydrogen) atoms. The summed E-state index contributed by atoms with van der Waals surface area (Å²) in [7, 11) is 0. The Kier molecular flexibility index (Phi) is 11.5. The minimum Gasteiger partial charge on any atom is -0.512 e. The van der Waals surface area contributed by atoms with E-state index in [1.807, 2.05) is 54.0 Å². The first kappa shape index (κ1) is 38.0.